The molecule has 4 N–H and O–H groups in total. The van der Waals surface area contributed by atoms with Crippen molar-refractivity contribution in [2.75, 3.05) is 17.6 Å². The molecule has 1 aromatic rings. The monoisotopic (exact) mass is 306 g/mol. The predicted molar refractivity (Wildman–Crippen MR) is 88.5 cm³/mol. The van der Waals surface area contributed by atoms with E-state index in [1.807, 2.05) is 0 Å². The van der Waals surface area contributed by atoms with Crippen LogP contribution in [-0.2, 0) is 0 Å². The van der Waals surface area contributed by atoms with Crippen LogP contribution in [0.15, 0.2) is 12.7 Å². The first-order valence-electron chi connectivity index (χ1n) is 6.94. The summed E-state index contributed by atoms with van der Waals surface area (Å²) >= 11 is 1.23. The van der Waals surface area contributed by atoms with E-state index in [0.717, 1.165) is 6.42 Å². The molecule has 1 rings (SSSR count). The molecule has 0 saturated heterocycles. The molecule has 1 aromatic heterocycles. The standard InChI is InChI=1S/C15H22N4OS/c1-5-7-18-14(20)13-12(17)10(8-16)15(21-13)19-11(6-2)9(3)4/h5,9,11,19H,1,6-7,17H2,2-4H3,(H,18,20). The van der Waals surface area contributed by atoms with Gasteiger partial charge in [-0.2, -0.15) is 5.26 Å². The third-order valence-corrected chi connectivity index (χ3v) is 4.37. The summed E-state index contributed by atoms with van der Waals surface area (Å²) < 4.78 is 0. The van der Waals surface area contributed by atoms with Crippen molar-refractivity contribution in [2.45, 2.75) is 33.2 Å². The second-order valence-corrected chi connectivity index (χ2v) is 6.08. The Balaban J connectivity index is 3.08. The molecule has 1 unspecified atom stereocenters. The van der Waals surface area contributed by atoms with Gasteiger partial charge < -0.3 is 16.4 Å². The first-order valence-corrected chi connectivity index (χ1v) is 7.75. The van der Waals surface area contributed by atoms with Crippen LogP contribution in [0.25, 0.3) is 0 Å². The van der Waals surface area contributed by atoms with Gasteiger partial charge in [-0.25, -0.2) is 0 Å². The number of nitrogen functional groups attached to an aromatic ring is 1. The summed E-state index contributed by atoms with van der Waals surface area (Å²) in [6, 6.07) is 2.32. The molecule has 6 heteroatoms. The Morgan fingerprint density at radius 1 is 1.57 bits per heavy atom. The molecule has 0 aromatic carbocycles. The molecule has 0 spiro atoms. The molecule has 114 valence electrons. The molecule has 1 heterocycles. The first-order chi connectivity index (χ1) is 9.96. The smallest absolute Gasteiger partial charge is 0.263 e. The zero-order valence-electron chi connectivity index (χ0n) is 12.7. The molecule has 0 aliphatic rings. The molecule has 0 aliphatic heterocycles. The molecule has 5 nitrogen and oxygen atoms in total. The van der Waals surface area contributed by atoms with E-state index >= 15 is 0 Å². The Hall–Kier alpha value is -2.00. The number of anilines is 2. The fourth-order valence-electron chi connectivity index (χ4n) is 1.98. The Morgan fingerprint density at radius 2 is 2.24 bits per heavy atom. The van der Waals surface area contributed by atoms with E-state index in [4.69, 9.17) is 5.73 Å². The summed E-state index contributed by atoms with van der Waals surface area (Å²) in [5, 5.41) is 16.0. The van der Waals surface area contributed by atoms with Crippen LogP contribution in [0.4, 0.5) is 10.7 Å². The summed E-state index contributed by atoms with van der Waals surface area (Å²) in [5.74, 6) is 0.141. The molecule has 0 radical (unpaired) electrons. The lowest BCUT2D eigenvalue weighted by Crippen LogP contribution is -2.24. The molecular weight excluding hydrogens is 284 g/mol. The van der Waals surface area contributed by atoms with Gasteiger partial charge in [0.05, 0.1) is 5.69 Å². The van der Waals surface area contributed by atoms with Gasteiger partial charge in [0.25, 0.3) is 5.91 Å². The minimum Gasteiger partial charge on any atom is -0.396 e. The summed E-state index contributed by atoms with van der Waals surface area (Å²) in [6.07, 6.45) is 2.52. The number of amides is 1. The van der Waals surface area contributed by atoms with Crippen molar-refractivity contribution in [3.63, 3.8) is 0 Å². The van der Waals surface area contributed by atoms with Gasteiger partial charge >= 0.3 is 0 Å². The van der Waals surface area contributed by atoms with Gasteiger partial charge in [-0.05, 0) is 12.3 Å². The normalized spacial score (nSPS) is 11.8. The third-order valence-electron chi connectivity index (χ3n) is 3.23. The fourth-order valence-corrected chi connectivity index (χ4v) is 3.03. The molecule has 0 aliphatic carbocycles. The highest BCUT2D eigenvalue weighted by atomic mass is 32.1. The van der Waals surface area contributed by atoms with Crippen molar-refractivity contribution >= 4 is 27.9 Å². The number of rotatable bonds is 7. The Morgan fingerprint density at radius 3 is 2.71 bits per heavy atom. The average Bonchev–Trinajstić information content (AvgIpc) is 2.77. The molecule has 0 fully saturated rings. The van der Waals surface area contributed by atoms with E-state index in [2.05, 4.69) is 44.1 Å². The largest absolute Gasteiger partial charge is 0.396 e. The Kier molecular flexibility index (Phi) is 6.25. The van der Waals surface area contributed by atoms with Gasteiger partial charge in [0.2, 0.25) is 0 Å². The highest BCUT2D eigenvalue weighted by molar-refractivity contribution is 7.19. The third kappa shape index (κ3) is 3.99. The summed E-state index contributed by atoms with van der Waals surface area (Å²) in [7, 11) is 0. The SMILES string of the molecule is C=CCNC(=O)c1sc(NC(CC)C(C)C)c(C#N)c1N. The maximum atomic E-state index is 12.0. The Bertz CT molecular complexity index is 557. The topological polar surface area (TPSA) is 90.9 Å². The molecule has 0 bridgehead atoms. The number of nitrogens with one attached hydrogen (secondary N) is 2. The van der Waals surface area contributed by atoms with Gasteiger partial charge in [-0.1, -0.05) is 26.8 Å². The summed E-state index contributed by atoms with van der Waals surface area (Å²) in [5.41, 5.74) is 6.53. The van der Waals surface area contributed by atoms with E-state index in [1.54, 1.807) is 6.08 Å². The van der Waals surface area contributed by atoms with Crippen molar-refractivity contribution < 1.29 is 4.79 Å². The number of nitriles is 1. The van der Waals surface area contributed by atoms with Gasteiger partial charge in [0, 0.05) is 12.6 Å². The number of nitrogens with zero attached hydrogens (tertiary/aromatic N) is 1. The van der Waals surface area contributed by atoms with Gasteiger partial charge in [0.15, 0.2) is 0 Å². The van der Waals surface area contributed by atoms with Crippen molar-refractivity contribution in [3.8, 4) is 6.07 Å². The lowest BCUT2D eigenvalue weighted by Gasteiger charge is -2.21. The highest BCUT2D eigenvalue weighted by Crippen LogP contribution is 2.36. The van der Waals surface area contributed by atoms with E-state index in [9.17, 15) is 10.1 Å². The molecular formula is C15H22N4OS. The predicted octanol–water partition coefficient (Wildman–Crippen LogP) is 2.96. The summed E-state index contributed by atoms with van der Waals surface area (Å²) in [4.78, 5) is 12.4. The number of carbonyl (C=O) groups is 1. The quantitative estimate of drug-likeness (QED) is 0.675. The zero-order chi connectivity index (χ0) is 16.0. The lowest BCUT2D eigenvalue weighted by molar-refractivity contribution is 0.0963. The number of nitrogens with two attached hydrogens (primary N) is 1. The van der Waals surface area contributed by atoms with E-state index in [-0.39, 0.29) is 17.6 Å². The van der Waals surface area contributed by atoms with Crippen molar-refractivity contribution in [1.29, 1.82) is 5.26 Å². The lowest BCUT2D eigenvalue weighted by atomic mass is 10.0. The second kappa shape index (κ2) is 7.70. The number of thiophene rings is 1. The highest BCUT2D eigenvalue weighted by Gasteiger charge is 2.22. The van der Waals surface area contributed by atoms with Crippen LogP contribution in [0.3, 0.4) is 0 Å². The van der Waals surface area contributed by atoms with E-state index in [1.165, 1.54) is 11.3 Å². The maximum Gasteiger partial charge on any atom is 0.263 e. The number of hydrogen-bond donors (Lipinski definition) is 3. The Labute approximate surface area is 129 Å². The zero-order valence-corrected chi connectivity index (χ0v) is 13.5. The van der Waals surface area contributed by atoms with Crippen molar-refractivity contribution in [3.05, 3.63) is 23.1 Å². The van der Waals surface area contributed by atoms with Crippen LogP contribution in [0.1, 0.15) is 42.4 Å². The molecule has 1 atom stereocenters. The second-order valence-electron chi connectivity index (χ2n) is 5.06. The summed E-state index contributed by atoms with van der Waals surface area (Å²) in [6.45, 7) is 10.2. The average molecular weight is 306 g/mol. The van der Waals surface area contributed by atoms with Crippen molar-refractivity contribution in [1.82, 2.24) is 5.32 Å². The van der Waals surface area contributed by atoms with E-state index < -0.39 is 0 Å². The van der Waals surface area contributed by atoms with Gasteiger partial charge in [-0.3, -0.25) is 4.79 Å². The maximum absolute atomic E-state index is 12.0. The van der Waals surface area contributed by atoms with Gasteiger partial charge in [-0.15, -0.1) is 17.9 Å². The van der Waals surface area contributed by atoms with Crippen LogP contribution >= 0.6 is 11.3 Å². The minimum absolute atomic E-state index is 0.235. The fraction of sp³-hybridized carbons (Fsp3) is 0.467. The van der Waals surface area contributed by atoms with Crippen LogP contribution in [0.2, 0.25) is 0 Å². The number of carbonyl (C=O) groups excluding carboxylic acids is 1. The first kappa shape index (κ1) is 17.1. The van der Waals surface area contributed by atoms with Crippen molar-refractivity contribution in [2.24, 2.45) is 5.92 Å². The van der Waals surface area contributed by atoms with Crippen LogP contribution in [0.5, 0.6) is 0 Å². The number of hydrogen-bond acceptors (Lipinski definition) is 5. The minimum atomic E-state index is -0.278. The van der Waals surface area contributed by atoms with Crippen LogP contribution in [-0.4, -0.2) is 18.5 Å². The van der Waals surface area contributed by atoms with Crippen LogP contribution < -0.4 is 16.4 Å². The molecule has 1 amide bonds. The molecule has 21 heavy (non-hydrogen) atoms. The van der Waals surface area contributed by atoms with E-state index in [0.29, 0.717) is 27.9 Å². The molecule has 0 saturated carbocycles. The van der Waals surface area contributed by atoms with Gasteiger partial charge in [0.1, 0.15) is 21.5 Å². The van der Waals surface area contributed by atoms with Crippen LogP contribution in [0, 0.1) is 17.2 Å².